The number of halogens is 4. The van der Waals surface area contributed by atoms with Crippen molar-refractivity contribution in [3.8, 4) is 11.5 Å². The van der Waals surface area contributed by atoms with Gasteiger partial charge in [-0.05, 0) is 6.07 Å². The minimum Gasteiger partial charge on any atom is -0.490 e. The van der Waals surface area contributed by atoms with E-state index in [4.69, 9.17) is 9.47 Å². The number of benzene rings is 1. The molecule has 1 heterocycles. The summed E-state index contributed by atoms with van der Waals surface area (Å²) in [6.45, 7) is 1.32. The largest absolute Gasteiger partial charge is 0.490 e. The van der Waals surface area contributed by atoms with Gasteiger partial charge in [-0.25, -0.2) is 0 Å². The number of alkyl halides is 3. The zero-order valence-corrected chi connectivity index (χ0v) is 15.6. The predicted molar refractivity (Wildman–Crippen MR) is 96.3 cm³/mol. The van der Waals surface area contributed by atoms with Crippen LogP contribution in [0, 0.1) is 0 Å². The van der Waals surface area contributed by atoms with E-state index >= 15 is 0 Å². The molecule has 0 radical (unpaired) electrons. The fraction of sp³-hybridized carbons (Fsp3) is 0.533. The van der Waals surface area contributed by atoms with Crippen molar-refractivity contribution in [2.45, 2.75) is 25.6 Å². The lowest BCUT2D eigenvalue weighted by Crippen LogP contribution is -2.38. The van der Waals surface area contributed by atoms with Crippen molar-refractivity contribution >= 4 is 29.9 Å². The number of guanidine groups is 1. The van der Waals surface area contributed by atoms with Crippen molar-refractivity contribution in [2.24, 2.45) is 4.99 Å². The standard InChI is InChI=1S/C15H20F3N3O2.HI/c1-19-14(20-7-6-15(16,17)18)21-10-11-4-2-5-12-13(11)23-9-3-8-22-12;/h2,4-5H,3,6-10H2,1H3,(H2,19,20,21);1H. The SMILES string of the molecule is CN=C(NCCC(F)(F)F)NCc1cccc2c1OCCCO2.I. The third kappa shape index (κ3) is 6.62. The molecule has 5 nitrogen and oxygen atoms in total. The molecule has 0 saturated heterocycles. The first-order valence-corrected chi connectivity index (χ1v) is 7.38. The summed E-state index contributed by atoms with van der Waals surface area (Å²) in [5.74, 6) is 1.66. The second kappa shape index (κ2) is 9.80. The van der Waals surface area contributed by atoms with Gasteiger partial charge in [-0.2, -0.15) is 13.2 Å². The monoisotopic (exact) mass is 459 g/mol. The van der Waals surface area contributed by atoms with Crippen LogP contribution in [0.1, 0.15) is 18.4 Å². The Bertz CT molecular complexity index is 553. The number of fused-ring (bicyclic) bond motifs is 1. The maximum atomic E-state index is 12.2. The molecular weight excluding hydrogens is 438 g/mol. The number of hydrogen-bond acceptors (Lipinski definition) is 3. The highest BCUT2D eigenvalue weighted by atomic mass is 127. The summed E-state index contributed by atoms with van der Waals surface area (Å²) in [5, 5.41) is 5.61. The van der Waals surface area contributed by atoms with Crippen LogP contribution in [0.25, 0.3) is 0 Å². The van der Waals surface area contributed by atoms with Crippen molar-refractivity contribution in [2.75, 3.05) is 26.8 Å². The van der Waals surface area contributed by atoms with E-state index in [2.05, 4.69) is 15.6 Å². The fourth-order valence-electron chi connectivity index (χ4n) is 2.12. The van der Waals surface area contributed by atoms with Crippen LogP contribution in [0.15, 0.2) is 23.2 Å². The van der Waals surface area contributed by atoms with Gasteiger partial charge in [-0.1, -0.05) is 12.1 Å². The number of hydrogen-bond donors (Lipinski definition) is 2. The highest BCUT2D eigenvalue weighted by molar-refractivity contribution is 14.0. The first-order chi connectivity index (χ1) is 11.0. The molecule has 0 bridgehead atoms. The van der Waals surface area contributed by atoms with E-state index in [1.165, 1.54) is 7.05 Å². The minimum atomic E-state index is -4.19. The second-order valence-corrected chi connectivity index (χ2v) is 5.01. The van der Waals surface area contributed by atoms with Crippen LogP contribution in [0.2, 0.25) is 0 Å². The van der Waals surface area contributed by atoms with Gasteiger partial charge < -0.3 is 20.1 Å². The second-order valence-electron chi connectivity index (χ2n) is 5.01. The van der Waals surface area contributed by atoms with Gasteiger partial charge in [0, 0.05) is 32.1 Å². The number of nitrogens with zero attached hydrogens (tertiary/aromatic N) is 1. The quantitative estimate of drug-likeness (QED) is 0.413. The summed E-state index contributed by atoms with van der Waals surface area (Å²) in [6, 6.07) is 5.56. The third-order valence-electron chi connectivity index (χ3n) is 3.22. The summed E-state index contributed by atoms with van der Waals surface area (Å²) in [4.78, 5) is 3.91. The van der Waals surface area contributed by atoms with Gasteiger partial charge in [0.2, 0.25) is 0 Å². The number of aliphatic imine (C=N–C) groups is 1. The van der Waals surface area contributed by atoms with Gasteiger partial charge in [-0.3, -0.25) is 4.99 Å². The third-order valence-corrected chi connectivity index (χ3v) is 3.22. The van der Waals surface area contributed by atoms with E-state index in [-0.39, 0.29) is 30.5 Å². The van der Waals surface area contributed by atoms with Crippen LogP contribution >= 0.6 is 24.0 Å². The molecule has 0 atom stereocenters. The molecular formula is C15H21F3IN3O2. The van der Waals surface area contributed by atoms with E-state index in [0.717, 1.165) is 12.0 Å². The molecule has 136 valence electrons. The van der Waals surface area contributed by atoms with Crippen molar-refractivity contribution in [1.29, 1.82) is 0 Å². The van der Waals surface area contributed by atoms with Gasteiger partial charge in [-0.15, -0.1) is 24.0 Å². The molecule has 0 saturated carbocycles. The molecule has 0 fully saturated rings. The normalized spacial score (nSPS) is 14.4. The summed E-state index contributed by atoms with van der Waals surface area (Å²) in [7, 11) is 1.51. The fourth-order valence-corrected chi connectivity index (χ4v) is 2.12. The molecule has 1 aromatic carbocycles. The summed E-state index contributed by atoms with van der Waals surface area (Å²) in [5.41, 5.74) is 0.864. The molecule has 2 rings (SSSR count). The minimum absolute atomic E-state index is 0. The molecule has 9 heteroatoms. The van der Waals surface area contributed by atoms with E-state index < -0.39 is 12.6 Å². The Kier molecular flexibility index (Phi) is 8.43. The first-order valence-electron chi connectivity index (χ1n) is 7.38. The topological polar surface area (TPSA) is 54.9 Å². The van der Waals surface area contributed by atoms with Crippen molar-refractivity contribution in [3.05, 3.63) is 23.8 Å². The molecule has 0 amide bonds. The average molecular weight is 459 g/mol. The molecule has 2 N–H and O–H groups in total. The van der Waals surface area contributed by atoms with E-state index in [0.29, 0.717) is 37.2 Å². The van der Waals surface area contributed by atoms with Crippen molar-refractivity contribution < 1.29 is 22.6 Å². The summed E-state index contributed by atoms with van der Waals surface area (Å²) >= 11 is 0. The highest BCUT2D eigenvalue weighted by Gasteiger charge is 2.26. The van der Waals surface area contributed by atoms with Crippen molar-refractivity contribution in [1.82, 2.24) is 10.6 Å². The molecule has 1 aromatic rings. The van der Waals surface area contributed by atoms with E-state index in [1.54, 1.807) is 0 Å². The Morgan fingerprint density at radius 1 is 1.21 bits per heavy atom. The van der Waals surface area contributed by atoms with Gasteiger partial charge in [0.1, 0.15) is 0 Å². The number of para-hydroxylation sites is 1. The van der Waals surface area contributed by atoms with Crippen LogP contribution in [-0.4, -0.2) is 38.9 Å². The van der Waals surface area contributed by atoms with E-state index in [9.17, 15) is 13.2 Å². The summed E-state index contributed by atoms with van der Waals surface area (Å²) in [6.07, 6.45) is -4.29. The van der Waals surface area contributed by atoms with Crippen LogP contribution in [0.5, 0.6) is 11.5 Å². The van der Waals surface area contributed by atoms with Crippen LogP contribution in [-0.2, 0) is 6.54 Å². The zero-order valence-electron chi connectivity index (χ0n) is 13.3. The number of ether oxygens (including phenoxy) is 2. The average Bonchev–Trinajstić information content (AvgIpc) is 2.75. The number of nitrogens with one attached hydrogen (secondary N) is 2. The van der Waals surface area contributed by atoms with Crippen LogP contribution < -0.4 is 20.1 Å². The molecule has 0 spiro atoms. The molecule has 1 aliphatic heterocycles. The van der Waals surface area contributed by atoms with Crippen LogP contribution in [0.3, 0.4) is 0 Å². The molecule has 1 aliphatic rings. The maximum Gasteiger partial charge on any atom is 0.390 e. The molecule has 24 heavy (non-hydrogen) atoms. The van der Waals surface area contributed by atoms with Gasteiger partial charge in [0.15, 0.2) is 17.5 Å². The lowest BCUT2D eigenvalue weighted by atomic mass is 10.2. The Labute approximate surface area is 156 Å². The Hall–Kier alpha value is -1.39. The number of rotatable bonds is 4. The van der Waals surface area contributed by atoms with Crippen molar-refractivity contribution in [3.63, 3.8) is 0 Å². The smallest absolute Gasteiger partial charge is 0.390 e. The maximum absolute atomic E-state index is 12.2. The molecule has 0 unspecified atom stereocenters. The molecule has 0 aromatic heterocycles. The zero-order chi connectivity index (χ0) is 16.7. The van der Waals surface area contributed by atoms with Gasteiger partial charge >= 0.3 is 6.18 Å². The van der Waals surface area contributed by atoms with Gasteiger partial charge in [0.25, 0.3) is 0 Å². The Morgan fingerprint density at radius 2 is 1.96 bits per heavy atom. The lowest BCUT2D eigenvalue weighted by Gasteiger charge is -2.15. The Balaban J connectivity index is 0.00000288. The van der Waals surface area contributed by atoms with Crippen LogP contribution in [0.4, 0.5) is 13.2 Å². The lowest BCUT2D eigenvalue weighted by molar-refractivity contribution is -0.132. The highest BCUT2D eigenvalue weighted by Crippen LogP contribution is 2.33. The van der Waals surface area contributed by atoms with Gasteiger partial charge in [0.05, 0.1) is 19.6 Å². The van der Waals surface area contributed by atoms with E-state index in [1.807, 2.05) is 18.2 Å². The first kappa shape index (κ1) is 20.7. The Morgan fingerprint density at radius 3 is 2.67 bits per heavy atom. The molecule has 0 aliphatic carbocycles. The summed E-state index contributed by atoms with van der Waals surface area (Å²) < 4.78 is 47.8. The predicted octanol–water partition coefficient (Wildman–Crippen LogP) is 3.08.